The molecule has 1 heterocycles. The topological polar surface area (TPSA) is 42.2 Å². The average Bonchev–Trinajstić information content (AvgIpc) is 2.28. The van der Waals surface area contributed by atoms with Crippen LogP contribution in [0.3, 0.4) is 0 Å². The van der Waals surface area contributed by atoms with Gasteiger partial charge in [0.25, 0.3) is 0 Å². The molecule has 0 unspecified atom stereocenters. The second-order valence-corrected chi connectivity index (χ2v) is 4.32. The Morgan fingerprint density at radius 2 is 2.18 bits per heavy atom. The molecule has 0 bridgehead atoms. The third-order valence-electron chi connectivity index (χ3n) is 2.80. The first kappa shape index (κ1) is 13.7. The predicted molar refractivity (Wildman–Crippen MR) is 74.3 cm³/mol. The lowest BCUT2D eigenvalue weighted by Gasteiger charge is -2.25. The van der Waals surface area contributed by atoms with Crippen LogP contribution in [0.2, 0.25) is 0 Å². The summed E-state index contributed by atoms with van der Waals surface area (Å²) in [4.78, 5) is 6.89. The zero-order valence-electron chi connectivity index (χ0n) is 11.2. The van der Waals surface area contributed by atoms with Crippen LogP contribution in [0.25, 0.3) is 0 Å². The Balaban J connectivity index is 3.19. The van der Waals surface area contributed by atoms with Gasteiger partial charge in [-0.1, -0.05) is 13.0 Å². The standard InChI is InChI=1S/C14H23N3/c1-5-7-17(8-6-2)14-13(10-15)11(3)9-12(4)16-14/h5,9H,1,6-8,10,15H2,2-4H3. The highest BCUT2D eigenvalue weighted by atomic mass is 15.2. The Bertz CT molecular complexity index is 385. The largest absolute Gasteiger partial charge is 0.353 e. The number of rotatable bonds is 6. The Kier molecular flexibility index (Phi) is 5.16. The number of pyridine rings is 1. The zero-order valence-corrected chi connectivity index (χ0v) is 11.2. The van der Waals surface area contributed by atoms with Gasteiger partial charge in [0.2, 0.25) is 0 Å². The lowest BCUT2D eigenvalue weighted by Crippen LogP contribution is -2.27. The van der Waals surface area contributed by atoms with Crippen molar-refractivity contribution in [1.82, 2.24) is 4.98 Å². The van der Waals surface area contributed by atoms with Gasteiger partial charge in [-0.25, -0.2) is 4.98 Å². The van der Waals surface area contributed by atoms with Gasteiger partial charge in [-0.15, -0.1) is 6.58 Å². The van der Waals surface area contributed by atoms with Gasteiger partial charge in [-0.2, -0.15) is 0 Å². The monoisotopic (exact) mass is 233 g/mol. The lowest BCUT2D eigenvalue weighted by atomic mass is 10.1. The molecule has 0 aliphatic rings. The van der Waals surface area contributed by atoms with Gasteiger partial charge in [0.15, 0.2) is 0 Å². The minimum atomic E-state index is 0.534. The number of anilines is 1. The van der Waals surface area contributed by atoms with Crippen molar-refractivity contribution in [3.8, 4) is 0 Å². The number of aromatic nitrogens is 1. The van der Waals surface area contributed by atoms with Crippen molar-refractivity contribution in [1.29, 1.82) is 0 Å². The number of nitrogens with zero attached hydrogens (tertiary/aromatic N) is 2. The van der Waals surface area contributed by atoms with E-state index in [-0.39, 0.29) is 0 Å². The van der Waals surface area contributed by atoms with Crippen LogP contribution in [0, 0.1) is 13.8 Å². The molecular weight excluding hydrogens is 210 g/mol. The molecule has 0 amide bonds. The summed E-state index contributed by atoms with van der Waals surface area (Å²) in [5.41, 5.74) is 9.25. The smallest absolute Gasteiger partial charge is 0.133 e. The Morgan fingerprint density at radius 3 is 2.71 bits per heavy atom. The summed E-state index contributed by atoms with van der Waals surface area (Å²) in [6.07, 6.45) is 3.00. The molecular formula is C14H23N3. The number of aryl methyl sites for hydroxylation is 2. The molecule has 1 rings (SSSR count). The fourth-order valence-corrected chi connectivity index (χ4v) is 2.07. The van der Waals surface area contributed by atoms with E-state index in [9.17, 15) is 0 Å². The van der Waals surface area contributed by atoms with Gasteiger partial charge in [0.1, 0.15) is 5.82 Å². The van der Waals surface area contributed by atoms with Crippen LogP contribution < -0.4 is 10.6 Å². The highest BCUT2D eigenvalue weighted by Gasteiger charge is 2.13. The normalized spacial score (nSPS) is 10.4. The minimum Gasteiger partial charge on any atom is -0.353 e. The minimum absolute atomic E-state index is 0.534. The van der Waals surface area contributed by atoms with Crippen LogP contribution in [0.1, 0.15) is 30.2 Å². The first-order valence-electron chi connectivity index (χ1n) is 6.17. The molecule has 3 heteroatoms. The van der Waals surface area contributed by atoms with Crippen molar-refractivity contribution in [3.63, 3.8) is 0 Å². The quantitative estimate of drug-likeness (QED) is 0.768. The van der Waals surface area contributed by atoms with E-state index in [2.05, 4.69) is 36.4 Å². The molecule has 0 saturated carbocycles. The Labute approximate surface area is 104 Å². The maximum absolute atomic E-state index is 5.84. The van der Waals surface area contributed by atoms with Crippen LogP contribution in [0.4, 0.5) is 5.82 Å². The van der Waals surface area contributed by atoms with Gasteiger partial charge >= 0.3 is 0 Å². The molecule has 17 heavy (non-hydrogen) atoms. The highest BCUT2D eigenvalue weighted by molar-refractivity contribution is 5.52. The van der Waals surface area contributed by atoms with Crippen LogP contribution in [0.5, 0.6) is 0 Å². The Morgan fingerprint density at radius 1 is 1.47 bits per heavy atom. The van der Waals surface area contributed by atoms with Crippen molar-refractivity contribution in [2.24, 2.45) is 5.73 Å². The van der Waals surface area contributed by atoms with Crippen molar-refractivity contribution in [3.05, 3.63) is 35.5 Å². The van der Waals surface area contributed by atoms with Crippen LogP contribution in [-0.4, -0.2) is 18.1 Å². The molecule has 0 saturated heterocycles. The molecule has 0 aromatic carbocycles. The summed E-state index contributed by atoms with van der Waals surface area (Å²) in [7, 11) is 0. The van der Waals surface area contributed by atoms with Gasteiger partial charge in [-0.3, -0.25) is 0 Å². The van der Waals surface area contributed by atoms with Gasteiger partial charge in [0.05, 0.1) is 0 Å². The molecule has 0 spiro atoms. The second-order valence-electron chi connectivity index (χ2n) is 4.32. The summed E-state index contributed by atoms with van der Waals surface area (Å²) in [5, 5.41) is 0. The van der Waals surface area contributed by atoms with E-state index in [4.69, 9.17) is 5.73 Å². The molecule has 0 fully saturated rings. The van der Waals surface area contributed by atoms with E-state index >= 15 is 0 Å². The molecule has 1 aromatic heterocycles. The summed E-state index contributed by atoms with van der Waals surface area (Å²) >= 11 is 0. The van der Waals surface area contributed by atoms with Crippen molar-refractivity contribution >= 4 is 5.82 Å². The van der Waals surface area contributed by atoms with E-state index in [1.165, 1.54) is 5.56 Å². The van der Waals surface area contributed by atoms with Crippen molar-refractivity contribution < 1.29 is 0 Å². The fraction of sp³-hybridized carbons (Fsp3) is 0.500. The lowest BCUT2D eigenvalue weighted by molar-refractivity contribution is 0.788. The van der Waals surface area contributed by atoms with Gasteiger partial charge < -0.3 is 10.6 Å². The summed E-state index contributed by atoms with van der Waals surface area (Å²) in [6, 6.07) is 2.09. The molecule has 3 nitrogen and oxygen atoms in total. The molecule has 1 aromatic rings. The third kappa shape index (κ3) is 3.30. The number of nitrogens with two attached hydrogens (primary N) is 1. The molecule has 2 N–H and O–H groups in total. The summed E-state index contributed by atoms with van der Waals surface area (Å²) in [6.45, 7) is 12.4. The molecule has 0 atom stereocenters. The molecule has 0 radical (unpaired) electrons. The molecule has 0 aliphatic carbocycles. The van der Waals surface area contributed by atoms with E-state index < -0.39 is 0 Å². The van der Waals surface area contributed by atoms with Crippen molar-refractivity contribution in [2.45, 2.75) is 33.7 Å². The van der Waals surface area contributed by atoms with Crippen LogP contribution in [-0.2, 0) is 6.54 Å². The number of hydrogen-bond donors (Lipinski definition) is 1. The average molecular weight is 233 g/mol. The zero-order chi connectivity index (χ0) is 12.8. The highest BCUT2D eigenvalue weighted by Crippen LogP contribution is 2.22. The summed E-state index contributed by atoms with van der Waals surface area (Å²) in [5.74, 6) is 1.02. The van der Waals surface area contributed by atoms with Crippen molar-refractivity contribution in [2.75, 3.05) is 18.0 Å². The SMILES string of the molecule is C=CCN(CCC)c1nc(C)cc(C)c1CN. The van der Waals surface area contributed by atoms with Gasteiger partial charge in [-0.05, 0) is 31.9 Å². The fourth-order valence-electron chi connectivity index (χ4n) is 2.07. The molecule has 94 valence electrons. The number of hydrogen-bond acceptors (Lipinski definition) is 3. The Hall–Kier alpha value is -1.35. The first-order valence-corrected chi connectivity index (χ1v) is 6.17. The van der Waals surface area contributed by atoms with Crippen LogP contribution in [0.15, 0.2) is 18.7 Å². The second kappa shape index (κ2) is 6.40. The van der Waals surface area contributed by atoms with E-state index in [1.807, 2.05) is 13.0 Å². The predicted octanol–water partition coefficient (Wildman–Crippen LogP) is 2.56. The maximum atomic E-state index is 5.84. The van der Waals surface area contributed by atoms with E-state index in [0.717, 1.165) is 36.6 Å². The van der Waals surface area contributed by atoms with E-state index in [1.54, 1.807) is 0 Å². The maximum Gasteiger partial charge on any atom is 0.133 e. The third-order valence-corrected chi connectivity index (χ3v) is 2.80. The van der Waals surface area contributed by atoms with E-state index in [0.29, 0.717) is 6.54 Å². The molecule has 0 aliphatic heterocycles. The van der Waals surface area contributed by atoms with Gasteiger partial charge in [0, 0.05) is 30.9 Å². The summed E-state index contributed by atoms with van der Waals surface area (Å²) < 4.78 is 0. The first-order chi connectivity index (χ1) is 8.13. The van der Waals surface area contributed by atoms with Crippen LogP contribution >= 0.6 is 0 Å².